The molecule has 1 aromatic heterocycles. The Bertz CT molecular complexity index is 4170. The van der Waals surface area contributed by atoms with Gasteiger partial charge in [-0.2, -0.15) is 0 Å². The van der Waals surface area contributed by atoms with Crippen molar-refractivity contribution in [1.29, 1.82) is 21.6 Å². The van der Waals surface area contributed by atoms with Gasteiger partial charge in [0.15, 0.2) is 23.8 Å². The molecule has 0 aliphatic rings. The number of aliphatic hydroxyl groups is 1. The van der Waals surface area contributed by atoms with E-state index in [0.717, 1.165) is 0 Å². The molecule has 0 aliphatic heterocycles. The third-order valence-electron chi connectivity index (χ3n) is 19.9. The van der Waals surface area contributed by atoms with Crippen LogP contribution in [0.1, 0.15) is 148 Å². The Labute approximate surface area is 741 Å². The molecule has 0 aliphatic carbocycles. The molecule has 0 fully saturated rings. The first kappa shape index (κ1) is 109. The van der Waals surface area contributed by atoms with Crippen molar-refractivity contribution in [2.24, 2.45) is 52.0 Å². The Balaban J connectivity index is 1.91. The third-order valence-corrected chi connectivity index (χ3v) is 19.9. The summed E-state index contributed by atoms with van der Waals surface area (Å²) in [6, 6.07) is -2.19. The minimum absolute atomic E-state index is 0.0124. The van der Waals surface area contributed by atoms with Gasteiger partial charge in [0.05, 0.1) is 19.2 Å². The SMILES string of the molecule is CC[C@H](C)[C@H](NC(=O)[C@H](CC(C)C)NC(=O)[C@@H](N)Cc1cccnc1)C(=O)N[C@@H](Cc1ccc(O)cc1)C(=O)N[C@@H](C)C(=O)N[C@@H](CCC(N)=O)C(=O)NCC(=O)N[C@@H](Cc1ccccc1)C(=O)N[C@@H](CO)C(=O)N[C@@H](CCCCN)C(=O)N[C@@H](CCCNC(=N)N)C(=O)N[C@@H](CCCNC(=N)N)C(=O)N[C@@H](CCCNC(=N)N)C(=O)N[C@@H](CCCNC(=N)N)C(=O)O. The number of nitrogens with one attached hydrogen (secondary N) is 21. The van der Waals surface area contributed by atoms with Crippen molar-refractivity contribution >= 4 is 113 Å². The van der Waals surface area contributed by atoms with Gasteiger partial charge < -0.3 is 146 Å². The summed E-state index contributed by atoms with van der Waals surface area (Å²) in [5.41, 5.74) is 41.0. The second-order valence-corrected chi connectivity index (χ2v) is 31.1. The fraction of sp³-hybridized carbons (Fsp3) is 0.556. The van der Waals surface area contributed by atoms with E-state index in [4.69, 9.17) is 61.8 Å². The maximum atomic E-state index is 14.7. The number of guanidine groups is 4. The van der Waals surface area contributed by atoms with E-state index in [2.05, 4.69) is 95.4 Å². The Morgan fingerprint density at radius 2 is 0.805 bits per heavy atom. The van der Waals surface area contributed by atoms with Crippen LogP contribution in [-0.2, 0) is 91.2 Å². The van der Waals surface area contributed by atoms with Crippen LogP contribution in [0.2, 0.25) is 0 Å². The number of carboxylic acids is 1. The molecule has 0 saturated heterocycles. The Hall–Kier alpha value is -13.6. The van der Waals surface area contributed by atoms with Crippen LogP contribution in [0.25, 0.3) is 0 Å². The van der Waals surface area contributed by atoms with Crippen LogP contribution in [0.4, 0.5) is 0 Å². The molecule has 0 spiro atoms. The number of amides is 14. The molecule has 0 saturated carbocycles. The second-order valence-electron chi connectivity index (χ2n) is 31.1. The predicted octanol–water partition coefficient (Wildman–Crippen LogP) is -7.29. The number of nitrogens with zero attached hydrogens (tertiary/aromatic N) is 1. The number of benzene rings is 2. The van der Waals surface area contributed by atoms with Crippen molar-refractivity contribution in [3.63, 3.8) is 0 Å². The number of pyridine rings is 1. The number of nitrogens with two attached hydrogens (primary N) is 7. The monoisotopic (exact) mass is 1800 g/mol. The summed E-state index contributed by atoms with van der Waals surface area (Å²) in [6.45, 7) is 6.48. The molecule has 0 unspecified atom stereocenters. The van der Waals surface area contributed by atoms with Gasteiger partial charge in [-0.3, -0.25) is 93.7 Å². The van der Waals surface area contributed by atoms with E-state index in [9.17, 15) is 87.2 Å². The molecule has 47 nitrogen and oxygen atoms in total. The largest absolute Gasteiger partial charge is 0.508 e. The van der Waals surface area contributed by atoms with Gasteiger partial charge in [0.2, 0.25) is 82.7 Å². The highest BCUT2D eigenvalue weighted by molar-refractivity contribution is 6.00. The summed E-state index contributed by atoms with van der Waals surface area (Å²) >= 11 is 0. The van der Waals surface area contributed by atoms with Crippen molar-refractivity contribution in [3.05, 3.63) is 95.8 Å². The molecule has 38 N–H and O–H groups in total. The van der Waals surface area contributed by atoms with E-state index < -0.39 is 217 Å². The van der Waals surface area contributed by atoms with Crippen molar-refractivity contribution in [2.45, 2.75) is 229 Å². The van der Waals surface area contributed by atoms with Crippen LogP contribution in [0.3, 0.4) is 0 Å². The summed E-state index contributed by atoms with van der Waals surface area (Å²) in [7, 11) is 0. The predicted molar refractivity (Wildman–Crippen MR) is 471 cm³/mol. The number of carbonyl (C=O) groups excluding carboxylic acids is 14. The van der Waals surface area contributed by atoms with Crippen LogP contribution in [0.5, 0.6) is 5.75 Å². The molecule has 2 aromatic carbocycles. The minimum Gasteiger partial charge on any atom is -0.508 e. The summed E-state index contributed by atoms with van der Waals surface area (Å²) in [5.74, 6) is -17.3. The van der Waals surface area contributed by atoms with E-state index in [1.54, 1.807) is 68.7 Å². The molecule has 0 bridgehead atoms. The van der Waals surface area contributed by atoms with E-state index >= 15 is 0 Å². The molecule has 1 heterocycles. The topological polar surface area (TPSA) is 812 Å². The Morgan fingerprint density at radius 1 is 0.406 bits per heavy atom. The van der Waals surface area contributed by atoms with Gasteiger partial charge in [-0.1, -0.05) is 82.6 Å². The number of primary amides is 1. The zero-order valence-electron chi connectivity index (χ0n) is 72.8. The molecule has 3 rings (SSSR count). The van der Waals surface area contributed by atoms with Gasteiger partial charge in [0, 0.05) is 57.8 Å². The number of rotatable bonds is 61. The van der Waals surface area contributed by atoms with Gasteiger partial charge in [-0.25, -0.2) is 4.79 Å². The highest BCUT2D eigenvalue weighted by atomic mass is 16.4. The summed E-state index contributed by atoms with van der Waals surface area (Å²) in [4.78, 5) is 214. The molecular weight excluding hydrogens is 1670 g/mol. The van der Waals surface area contributed by atoms with Crippen LogP contribution in [-0.4, -0.2) is 257 Å². The molecule has 14 atom stereocenters. The van der Waals surface area contributed by atoms with E-state index in [0.29, 0.717) is 29.5 Å². The summed E-state index contributed by atoms with van der Waals surface area (Å²) in [6.07, 6.45) is 1.98. The number of hydrogen-bond acceptors (Lipinski definition) is 24. The van der Waals surface area contributed by atoms with Gasteiger partial charge in [0.1, 0.15) is 78.3 Å². The second kappa shape index (κ2) is 58.6. The number of aromatic nitrogens is 1. The lowest BCUT2D eigenvalue weighted by Gasteiger charge is -2.29. The lowest BCUT2D eigenvalue weighted by molar-refractivity contribution is -0.142. The molecule has 128 heavy (non-hydrogen) atoms. The fourth-order valence-corrected chi connectivity index (χ4v) is 12.7. The van der Waals surface area contributed by atoms with E-state index in [1.807, 2.05) is 13.8 Å². The molecule has 708 valence electrons. The van der Waals surface area contributed by atoms with Crippen LogP contribution < -0.4 is 131 Å². The fourth-order valence-electron chi connectivity index (χ4n) is 12.7. The van der Waals surface area contributed by atoms with Crippen LogP contribution >= 0.6 is 0 Å². The smallest absolute Gasteiger partial charge is 0.326 e. The molecule has 47 heteroatoms. The number of phenols is 1. The number of carboxylic acid groups (broad SMARTS) is 1. The molecule has 14 amide bonds. The zero-order chi connectivity index (χ0) is 95.5. The Kier molecular flexibility index (Phi) is 49.7. The standard InChI is InChI=1S/C81H131N29O18/c1-6-45(4)64(110-74(124)58(37-44(2)3)107-66(116)51(83)38-49-19-12-32-93-41-49)76(126)108-60(40-48-25-27-50(112)28-26-48)72(122)99-46(5)65(115)101-56(29-30-62(84)113)67(117)98-42-63(114)100-59(39-47-17-8-7-9-18-47)73(123)109-61(43-111)75(125)105-52(20-10-11-31-82)68(118)102-53(21-13-33-94-78(85)86)69(119)103-54(22-14-34-95-79(87)88)70(120)104-55(23-15-35-96-80(89)90)71(121)106-57(77(127)128)24-16-36-97-81(91)92/h7-9,12,17-19,25-28,32,41,44-46,51-61,64,111-112H,6,10-11,13-16,20-24,29-31,33-40,42-43,82-83H2,1-5H3,(H2,84,113)(H,98,117)(H,99,122)(H,100,114)(H,101,115)(H,102,118)(H,103,119)(H,104,120)(H,105,125)(H,106,121)(H,107,116)(H,108,126)(H,109,123)(H,110,124)(H,127,128)(H4,85,86,94)(H4,87,88,95)(H4,89,90,96)(H4,91,92,97)/t45-,46-,51-,52-,53-,54-,55-,56-,57-,58-,59-,60-,61-,64-/m0/s1. The van der Waals surface area contributed by atoms with Gasteiger partial charge in [0.25, 0.3) is 0 Å². The lowest BCUT2D eigenvalue weighted by Crippen LogP contribution is -2.61. The van der Waals surface area contributed by atoms with Crippen molar-refractivity contribution < 1.29 is 87.2 Å². The molecule has 0 radical (unpaired) electrons. The zero-order valence-corrected chi connectivity index (χ0v) is 72.8. The van der Waals surface area contributed by atoms with Gasteiger partial charge >= 0.3 is 5.97 Å². The van der Waals surface area contributed by atoms with Gasteiger partial charge in [-0.05, 0) is 150 Å². The van der Waals surface area contributed by atoms with Gasteiger partial charge in [-0.15, -0.1) is 0 Å². The number of aliphatic carboxylic acids is 1. The number of carbonyl (C=O) groups is 15. The Morgan fingerprint density at radius 3 is 1.25 bits per heavy atom. The lowest BCUT2D eigenvalue weighted by atomic mass is 9.95. The highest BCUT2D eigenvalue weighted by Gasteiger charge is 2.38. The maximum absolute atomic E-state index is 14.7. The maximum Gasteiger partial charge on any atom is 0.326 e. The highest BCUT2D eigenvalue weighted by Crippen LogP contribution is 2.17. The number of phenolic OH excluding ortho intramolecular Hbond substituents is 1. The molecular formula is C81H131N29O18. The van der Waals surface area contributed by atoms with Crippen molar-refractivity contribution in [3.8, 4) is 5.75 Å². The van der Waals surface area contributed by atoms with Crippen LogP contribution in [0, 0.1) is 33.5 Å². The average molecular weight is 1800 g/mol. The minimum atomic E-state index is -1.88. The number of unbranched alkanes of at least 4 members (excludes halogenated alkanes) is 1. The first-order valence-corrected chi connectivity index (χ1v) is 42.2. The first-order chi connectivity index (χ1) is 60.6. The summed E-state index contributed by atoms with van der Waals surface area (Å²) < 4.78 is 0. The number of aromatic hydroxyl groups is 1. The summed E-state index contributed by atoms with van der Waals surface area (Å²) in [5, 5.41) is 104. The van der Waals surface area contributed by atoms with Crippen molar-refractivity contribution in [2.75, 3.05) is 45.9 Å². The van der Waals surface area contributed by atoms with Crippen LogP contribution in [0.15, 0.2) is 79.1 Å². The quantitative estimate of drug-likeness (QED) is 0.0142. The first-order valence-electron chi connectivity index (χ1n) is 42.2. The van der Waals surface area contributed by atoms with Crippen molar-refractivity contribution in [1.82, 2.24) is 95.4 Å². The third kappa shape index (κ3) is 43.3. The average Bonchev–Trinajstić information content (AvgIpc) is 0.839. The van der Waals surface area contributed by atoms with E-state index in [1.165, 1.54) is 31.2 Å². The number of aliphatic hydroxyl groups excluding tert-OH is 1. The normalized spacial score (nSPS) is 14.2. The molecule has 3 aromatic rings. The van der Waals surface area contributed by atoms with E-state index in [-0.39, 0.29) is 140 Å². The number of hydrogen-bond donors (Lipinski definition) is 31.